The van der Waals surface area contributed by atoms with Crippen LogP contribution in [-0.2, 0) is 19.3 Å². The maximum absolute atomic E-state index is 13.2. The summed E-state index contributed by atoms with van der Waals surface area (Å²) >= 11 is 5.65. The standard InChI is InChI=1S/C18H17ClFNO2/c19-11-15(22)9-13-5-7-18-16(10-13)17(21-23-18)6-4-12-2-1-3-14(20)8-12/h1-3,5,7-8,10,15,22H,4,6,9,11H2/t15-/m1/s1. The molecule has 3 nitrogen and oxygen atoms in total. The molecule has 1 atom stereocenters. The van der Waals surface area contributed by atoms with Crippen LogP contribution >= 0.6 is 11.6 Å². The highest BCUT2D eigenvalue weighted by Crippen LogP contribution is 2.22. The van der Waals surface area contributed by atoms with Crippen molar-refractivity contribution >= 4 is 22.6 Å². The molecule has 0 fully saturated rings. The number of hydrogen-bond acceptors (Lipinski definition) is 3. The summed E-state index contributed by atoms with van der Waals surface area (Å²) < 4.78 is 18.6. The van der Waals surface area contributed by atoms with Gasteiger partial charge in [0.15, 0.2) is 5.58 Å². The number of alkyl halides is 1. The maximum atomic E-state index is 13.2. The van der Waals surface area contributed by atoms with Gasteiger partial charge in [0.1, 0.15) is 5.82 Å². The van der Waals surface area contributed by atoms with Crippen LogP contribution in [0.25, 0.3) is 11.0 Å². The van der Waals surface area contributed by atoms with Crippen LogP contribution in [-0.4, -0.2) is 22.2 Å². The average Bonchev–Trinajstić information content (AvgIpc) is 2.95. The lowest BCUT2D eigenvalue weighted by Crippen LogP contribution is -2.11. The van der Waals surface area contributed by atoms with Crippen molar-refractivity contribution in [1.82, 2.24) is 5.16 Å². The van der Waals surface area contributed by atoms with Gasteiger partial charge in [-0.3, -0.25) is 0 Å². The average molecular weight is 334 g/mol. The van der Waals surface area contributed by atoms with Gasteiger partial charge in [0.25, 0.3) is 0 Å². The molecule has 2 aromatic carbocycles. The largest absolute Gasteiger partial charge is 0.392 e. The van der Waals surface area contributed by atoms with E-state index >= 15 is 0 Å². The summed E-state index contributed by atoms with van der Waals surface area (Å²) in [5.41, 5.74) is 3.46. The van der Waals surface area contributed by atoms with Gasteiger partial charge in [-0.15, -0.1) is 11.6 Å². The van der Waals surface area contributed by atoms with Crippen LogP contribution in [0.3, 0.4) is 0 Å². The summed E-state index contributed by atoms with van der Waals surface area (Å²) in [6, 6.07) is 12.3. The van der Waals surface area contributed by atoms with Gasteiger partial charge < -0.3 is 9.63 Å². The molecule has 0 aliphatic heterocycles. The Labute approximate surface area is 138 Å². The monoisotopic (exact) mass is 333 g/mol. The highest BCUT2D eigenvalue weighted by atomic mass is 35.5. The van der Waals surface area contributed by atoms with E-state index in [0.717, 1.165) is 22.2 Å². The molecule has 120 valence electrons. The Morgan fingerprint density at radius 2 is 2.00 bits per heavy atom. The van der Waals surface area contributed by atoms with Crippen molar-refractivity contribution in [3.05, 3.63) is 65.1 Å². The Hall–Kier alpha value is -1.91. The van der Waals surface area contributed by atoms with E-state index in [2.05, 4.69) is 5.16 Å². The summed E-state index contributed by atoms with van der Waals surface area (Å²) in [6.45, 7) is 0. The number of halogens is 2. The quantitative estimate of drug-likeness (QED) is 0.696. The Balaban J connectivity index is 1.79. The van der Waals surface area contributed by atoms with E-state index in [-0.39, 0.29) is 11.7 Å². The van der Waals surface area contributed by atoms with E-state index in [9.17, 15) is 9.50 Å². The van der Waals surface area contributed by atoms with Gasteiger partial charge >= 0.3 is 0 Å². The van der Waals surface area contributed by atoms with Crippen LogP contribution < -0.4 is 0 Å². The SMILES string of the molecule is O[C@@H](CCl)Cc1ccc2onc(CCc3cccc(F)c3)c2c1. The Morgan fingerprint density at radius 3 is 2.78 bits per heavy atom. The number of aliphatic hydroxyl groups excluding tert-OH is 1. The van der Waals surface area contributed by atoms with Crippen LogP contribution in [0.15, 0.2) is 47.0 Å². The molecule has 3 rings (SSSR count). The lowest BCUT2D eigenvalue weighted by atomic mass is 10.0. The van der Waals surface area contributed by atoms with Crippen molar-refractivity contribution in [2.45, 2.75) is 25.4 Å². The fraction of sp³-hybridized carbons (Fsp3) is 0.278. The first-order valence-corrected chi connectivity index (χ1v) is 8.05. The van der Waals surface area contributed by atoms with Gasteiger partial charge in [0, 0.05) is 11.3 Å². The normalized spacial score (nSPS) is 12.7. The minimum atomic E-state index is -0.565. The number of fused-ring (bicyclic) bond motifs is 1. The molecule has 1 N–H and O–H groups in total. The molecule has 23 heavy (non-hydrogen) atoms. The van der Waals surface area contributed by atoms with E-state index in [1.807, 2.05) is 24.3 Å². The number of aryl methyl sites for hydroxylation is 2. The zero-order valence-electron chi connectivity index (χ0n) is 12.5. The van der Waals surface area contributed by atoms with Crippen LogP contribution in [0.2, 0.25) is 0 Å². The Bertz CT molecular complexity index is 803. The molecular weight excluding hydrogens is 317 g/mol. The number of nitrogens with zero attached hydrogens (tertiary/aromatic N) is 1. The first kappa shape index (κ1) is 16.0. The number of aromatic nitrogens is 1. The summed E-state index contributed by atoms with van der Waals surface area (Å²) in [5, 5.41) is 14.7. The fourth-order valence-electron chi connectivity index (χ4n) is 2.62. The molecule has 0 bridgehead atoms. The van der Waals surface area contributed by atoms with Crippen LogP contribution in [0.1, 0.15) is 16.8 Å². The zero-order valence-corrected chi connectivity index (χ0v) is 13.3. The minimum absolute atomic E-state index is 0.202. The summed E-state index contributed by atoms with van der Waals surface area (Å²) in [6.07, 6.45) is 1.28. The molecule has 0 aliphatic rings. The molecule has 0 unspecified atom stereocenters. The van der Waals surface area contributed by atoms with Crippen molar-refractivity contribution in [3.8, 4) is 0 Å². The van der Waals surface area contributed by atoms with Crippen LogP contribution in [0.5, 0.6) is 0 Å². The second kappa shape index (κ2) is 7.11. The molecule has 0 aliphatic carbocycles. The van der Waals surface area contributed by atoms with E-state index in [1.54, 1.807) is 6.07 Å². The van der Waals surface area contributed by atoms with Crippen LogP contribution in [0.4, 0.5) is 4.39 Å². The maximum Gasteiger partial charge on any atom is 0.167 e. The van der Waals surface area contributed by atoms with E-state index in [1.165, 1.54) is 12.1 Å². The first-order valence-electron chi connectivity index (χ1n) is 7.51. The Kier molecular flexibility index (Phi) is 4.94. The minimum Gasteiger partial charge on any atom is -0.392 e. The fourth-order valence-corrected chi connectivity index (χ4v) is 2.73. The first-order chi connectivity index (χ1) is 11.2. The molecule has 0 saturated carbocycles. The summed E-state index contributed by atoms with van der Waals surface area (Å²) in [7, 11) is 0. The summed E-state index contributed by atoms with van der Waals surface area (Å²) in [4.78, 5) is 0. The van der Waals surface area contributed by atoms with Gasteiger partial charge in [0.2, 0.25) is 0 Å². The molecule has 5 heteroatoms. The second-order valence-electron chi connectivity index (χ2n) is 5.60. The third-order valence-electron chi connectivity index (χ3n) is 3.80. The predicted octanol–water partition coefficient (Wildman–Crippen LogP) is 3.89. The number of rotatable bonds is 6. The molecule has 0 amide bonds. The number of hydrogen-bond donors (Lipinski definition) is 1. The molecule has 0 radical (unpaired) electrons. The third-order valence-corrected chi connectivity index (χ3v) is 4.15. The molecule has 0 spiro atoms. The van der Waals surface area contributed by atoms with E-state index in [4.69, 9.17) is 16.1 Å². The lowest BCUT2D eigenvalue weighted by molar-refractivity contribution is 0.199. The van der Waals surface area contributed by atoms with Crippen molar-refractivity contribution in [1.29, 1.82) is 0 Å². The van der Waals surface area contributed by atoms with E-state index < -0.39 is 6.10 Å². The van der Waals surface area contributed by atoms with Crippen LogP contribution in [0, 0.1) is 5.82 Å². The van der Waals surface area contributed by atoms with Gasteiger partial charge in [-0.1, -0.05) is 23.4 Å². The molecule has 1 aromatic heterocycles. The zero-order chi connectivity index (χ0) is 16.2. The molecule has 3 aromatic rings. The van der Waals surface area contributed by atoms with Gasteiger partial charge in [-0.25, -0.2) is 4.39 Å². The smallest absolute Gasteiger partial charge is 0.167 e. The third kappa shape index (κ3) is 3.89. The van der Waals surface area contributed by atoms with Crippen molar-refractivity contribution in [2.24, 2.45) is 0 Å². The van der Waals surface area contributed by atoms with E-state index in [0.29, 0.717) is 24.8 Å². The van der Waals surface area contributed by atoms with Crippen molar-refractivity contribution in [2.75, 3.05) is 5.88 Å². The molecule has 1 heterocycles. The van der Waals surface area contributed by atoms with Gasteiger partial charge in [-0.05, 0) is 54.7 Å². The predicted molar refractivity (Wildman–Crippen MR) is 88.2 cm³/mol. The highest BCUT2D eigenvalue weighted by molar-refractivity contribution is 6.18. The molecular formula is C18H17ClFNO2. The van der Waals surface area contributed by atoms with Gasteiger partial charge in [0.05, 0.1) is 11.8 Å². The number of aliphatic hydroxyl groups is 1. The van der Waals surface area contributed by atoms with Gasteiger partial charge in [-0.2, -0.15) is 0 Å². The van der Waals surface area contributed by atoms with Crippen molar-refractivity contribution in [3.63, 3.8) is 0 Å². The second-order valence-corrected chi connectivity index (χ2v) is 5.91. The Morgan fingerprint density at radius 1 is 1.13 bits per heavy atom. The topological polar surface area (TPSA) is 46.3 Å². The number of benzene rings is 2. The van der Waals surface area contributed by atoms with Crippen molar-refractivity contribution < 1.29 is 14.0 Å². The lowest BCUT2D eigenvalue weighted by Gasteiger charge is -2.06. The molecule has 0 saturated heterocycles. The highest BCUT2D eigenvalue weighted by Gasteiger charge is 2.11. The summed E-state index contributed by atoms with van der Waals surface area (Å²) in [5.74, 6) is -0.0291.